The number of rotatable bonds is 2. The molecular weight excluding hydrogens is 290 g/mol. The molecule has 21 heavy (non-hydrogen) atoms. The van der Waals surface area contributed by atoms with E-state index in [1.807, 2.05) is 0 Å². The molecule has 0 bridgehead atoms. The zero-order valence-corrected chi connectivity index (χ0v) is 13.4. The molecule has 6 heteroatoms. The number of carbonyl (C=O) groups excluding carboxylic acids is 1. The Morgan fingerprint density at radius 2 is 1.81 bits per heavy atom. The van der Waals surface area contributed by atoms with Crippen LogP contribution in [0.5, 0.6) is 0 Å². The Morgan fingerprint density at radius 3 is 2.29 bits per heavy atom. The number of carbonyl (C=O) groups is 1. The third-order valence-corrected chi connectivity index (χ3v) is 3.36. The maximum Gasteiger partial charge on any atom is 0.408 e. The zero-order valence-electron chi connectivity index (χ0n) is 12.6. The fourth-order valence-corrected chi connectivity index (χ4v) is 1.99. The Hall–Kier alpha value is -2.00. The molecule has 0 spiro atoms. The van der Waals surface area contributed by atoms with Gasteiger partial charge in [-0.15, -0.1) is 0 Å². The Kier molecular flexibility index (Phi) is 5.39. The summed E-state index contributed by atoms with van der Waals surface area (Å²) in [5, 5.41) is 2.51. The second-order valence-electron chi connectivity index (χ2n) is 5.45. The third kappa shape index (κ3) is 6.82. The Morgan fingerprint density at radius 1 is 1.24 bits per heavy atom. The van der Waals surface area contributed by atoms with Crippen molar-refractivity contribution < 1.29 is 17.9 Å². The van der Waals surface area contributed by atoms with Gasteiger partial charge in [0.15, 0.2) is 9.84 Å². The molecule has 1 rings (SSSR count). The lowest BCUT2D eigenvalue weighted by molar-refractivity contribution is 0.0535. The minimum absolute atomic E-state index is 0.155. The van der Waals surface area contributed by atoms with Crippen LogP contribution in [-0.4, -0.2) is 32.9 Å². The molecule has 114 valence electrons. The van der Waals surface area contributed by atoms with Crippen molar-refractivity contribution in [3.05, 3.63) is 29.8 Å². The summed E-state index contributed by atoms with van der Waals surface area (Å²) in [6.07, 6.45) is 0.627. The number of hydrogen-bond acceptors (Lipinski definition) is 4. The number of ether oxygens (including phenoxy) is 1. The summed E-state index contributed by atoms with van der Waals surface area (Å²) < 4.78 is 27.7. The lowest BCUT2D eigenvalue weighted by Crippen LogP contribution is -2.32. The second-order valence-corrected chi connectivity index (χ2v) is 7.47. The summed E-state index contributed by atoms with van der Waals surface area (Å²) in [5.74, 6) is 5.59. The average molecular weight is 309 g/mol. The van der Waals surface area contributed by atoms with E-state index in [-0.39, 0.29) is 11.4 Å². The van der Waals surface area contributed by atoms with Gasteiger partial charge in [0.25, 0.3) is 0 Å². The van der Waals surface area contributed by atoms with E-state index in [4.69, 9.17) is 4.74 Å². The minimum Gasteiger partial charge on any atom is -0.444 e. The maximum absolute atomic E-state index is 11.4. The molecule has 0 saturated heterocycles. The fraction of sp³-hybridized carbons (Fsp3) is 0.400. The van der Waals surface area contributed by atoms with Crippen molar-refractivity contribution >= 4 is 15.9 Å². The van der Waals surface area contributed by atoms with Crippen molar-refractivity contribution in [3.63, 3.8) is 0 Å². The summed E-state index contributed by atoms with van der Waals surface area (Å²) in [7, 11) is -3.20. The van der Waals surface area contributed by atoms with Crippen LogP contribution in [0.3, 0.4) is 0 Å². The molecule has 0 unspecified atom stereocenters. The topological polar surface area (TPSA) is 72.5 Å². The molecule has 0 aliphatic carbocycles. The monoisotopic (exact) mass is 309 g/mol. The van der Waals surface area contributed by atoms with Crippen LogP contribution in [0.4, 0.5) is 4.79 Å². The zero-order chi connectivity index (χ0) is 16.1. The van der Waals surface area contributed by atoms with Crippen molar-refractivity contribution in [2.24, 2.45) is 0 Å². The Labute approximate surface area is 125 Å². The highest BCUT2D eigenvalue weighted by Crippen LogP contribution is 2.09. The number of alkyl carbamates (subject to hydrolysis) is 1. The van der Waals surface area contributed by atoms with E-state index < -0.39 is 21.5 Å². The normalized spacial score (nSPS) is 11.2. The van der Waals surface area contributed by atoms with Crippen LogP contribution in [0.1, 0.15) is 26.3 Å². The number of amides is 1. The molecule has 0 atom stereocenters. The molecule has 0 radical (unpaired) electrons. The van der Waals surface area contributed by atoms with E-state index in [1.54, 1.807) is 32.9 Å². The van der Waals surface area contributed by atoms with Crippen LogP contribution in [0.25, 0.3) is 0 Å². The van der Waals surface area contributed by atoms with Crippen LogP contribution in [0, 0.1) is 11.8 Å². The van der Waals surface area contributed by atoms with E-state index in [0.29, 0.717) is 5.56 Å². The van der Waals surface area contributed by atoms with Crippen LogP contribution in [0.15, 0.2) is 29.2 Å². The third-order valence-electron chi connectivity index (χ3n) is 2.24. The molecule has 0 fully saturated rings. The SMILES string of the molecule is CC(C)(C)OC(=O)NCC#Cc1ccc(S(C)(=O)=O)cc1. The van der Waals surface area contributed by atoms with Crippen LogP contribution in [0.2, 0.25) is 0 Å². The number of benzene rings is 1. The Bertz CT molecular complexity index is 658. The van der Waals surface area contributed by atoms with Crippen molar-refractivity contribution in [1.29, 1.82) is 0 Å². The lowest BCUT2D eigenvalue weighted by Gasteiger charge is -2.18. The highest BCUT2D eigenvalue weighted by molar-refractivity contribution is 7.90. The predicted octanol–water partition coefficient (Wildman–Crippen LogP) is 1.97. The van der Waals surface area contributed by atoms with Gasteiger partial charge in [-0.05, 0) is 45.0 Å². The molecule has 1 N–H and O–H groups in total. The molecule has 1 aromatic carbocycles. The molecule has 5 nitrogen and oxygen atoms in total. The molecule has 0 aliphatic rings. The molecule has 0 heterocycles. The number of nitrogens with one attached hydrogen (secondary N) is 1. The van der Waals surface area contributed by atoms with Gasteiger partial charge in [-0.2, -0.15) is 0 Å². The smallest absolute Gasteiger partial charge is 0.408 e. The van der Waals surface area contributed by atoms with Crippen molar-refractivity contribution in [1.82, 2.24) is 5.32 Å². The summed E-state index contributed by atoms with van der Waals surface area (Å²) in [6, 6.07) is 6.25. The van der Waals surface area contributed by atoms with Gasteiger partial charge >= 0.3 is 6.09 Å². The summed E-state index contributed by atoms with van der Waals surface area (Å²) >= 11 is 0. The first kappa shape index (κ1) is 17.1. The van der Waals surface area contributed by atoms with Gasteiger partial charge in [0, 0.05) is 11.8 Å². The molecule has 0 saturated carbocycles. The van der Waals surface area contributed by atoms with E-state index in [0.717, 1.165) is 6.26 Å². The quantitative estimate of drug-likeness (QED) is 0.848. The first-order valence-electron chi connectivity index (χ1n) is 6.34. The standard InChI is InChI=1S/C15H19NO4S/c1-15(2,3)20-14(17)16-11-5-6-12-7-9-13(10-8-12)21(4,18)19/h7-10H,11H2,1-4H3,(H,16,17). The number of sulfone groups is 1. The van der Waals surface area contributed by atoms with Gasteiger partial charge in [0.1, 0.15) is 5.60 Å². The van der Waals surface area contributed by atoms with Gasteiger partial charge in [-0.25, -0.2) is 13.2 Å². The van der Waals surface area contributed by atoms with Gasteiger partial charge in [-0.1, -0.05) is 11.8 Å². The first-order valence-corrected chi connectivity index (χ1v) is 8.23. The van der Waals surface area contributed by atoms with Gasteiger partial charge in [0.05, 0.1) is 11.4 Å². The molecule has 1 aromatic rings. The lowest BCUT2D eigenvalue weighted by atomic mass is 10.2. The van der Waals surface area contributed by atoms with Crippen molar-refractivity contribution in [3.8, 4) is 11.8 Å². The summed E-state index contributed by atoms with van der Waals surface area (Å²) in [4.78, 5) is 11.6. The average Bonchev–Trinajstić information content (AvgIpc) is 2.32. The van der Waals surface area contributed by atoms with Crippen molar-refractivity contribution in [2.75, 3.05) is 12.8 Å². The van der Waals surface area contributed by atoms with Gasteiger partial charge in [-0.3, -0.25) is 0 Å². The minimum atomic E-state index is -3.20. The highest BCUT2D eigenvalue weighted by Gasteiger charge is 2.14. The second kappa shape index (κ2) is 6.64. The van der Waals surface area contributed by atoms with Gasteiger partial charge in [0.2, 0.25) is 0 Å². The van der Waals surface area contributed by atoms with Crippen LogP contribution >= 0.6 is 0 Å². The van der Waals surface area contributed by atoms with Crippen LogP contribution in [-0.2, 0) is 14.6 Å². The van der Waals surface area contributed by atoms with E-state index in [9.17, 15) is 13.2 Å². The van der Waals surface area contributed by atoms with Crippen molar-refractivity contribution in [2.45, 2.75) is 31.3 Å². The summed E-state index contributed by atoms with van der Waals surface area (Å²) in [6.45, 7) is 5.49. The van der Waals surface area contributed by atoms with Gasteiger partial charge < -0.3 is 10.1 Å². The molecule has 1 amide bonds. The largest absolute Gasteiger partial charge is 0.444 e. The fourth-order valence-electron chi connectivity index (χ4n) is 1.36. The highest BCUT2D eigenvalue weighted by atomic mass is 32.2. The van der Waals surface area contributed by atoms with E-state index >= 15 is 0 Å². The molecule has 0 aromatic heterocycles. The predicted molar refractivity (Wildman–Crippen MR) is 80.7 cm³/mol. The number of hydrogen-bond donors (Lipinski definition) is 1. The summed E-state index contributed by atoms with van der Waals surface area (Å²) in [5.41, 5.74) is 0.132. The Balaban J connectivity index is 2.55. The van der Waals surface area contributed by atoms with E-state index in [1.165, 1.54) is 12.1 Å². The van der Waals surface area contributed by atoms with Crippen LogP contribution < -0.4 is 5.32 Å². The maximum atomic E-state index is 11.4. The van der Waals surface area contributed by atoms with E-state index in [2.05, 4.69) is 17.2 Å². The molecule has 0 aliphatic heterocycles. The first-order chi connectivity index (χ1) is 9.58. The molecular formula is C15H19NO4S.